The molecule has 0 radical (unpaired) electrons. The van der Waals surface area contributed by atoms with Crippen molar-refractivity contribution in [2.45, 2.75) is 51.2 Å². The molecule has 1 saturated heterocycles. The van der Waals surface area contributed by atoms with Gasteiger partial charge in [0.2, 0.25) is 0 Å². The zero-order valence-electron chi connectivity index (χ0n) is 15.3. The molecule has 1 heterocycles. The lowest BCUT2D eigenvalue weighted by Gasteiger charge is -2.41. The number of nitrogens with zero attached hydrogens (tertiary/aromatic N) is 1. The fourth-order valence-corrected chi connectivity index (χ4v) is 3.84. The SMILES string of the molecule is CC1(C)CCC(N2CCOC[C@](O)(COc3ccc(F)cc3)C2)CC1. The summed E-state index contributed by atoms with van der Waals surface area (Å²) >= 11 is 0. The van der Waals surface area contributed by atoms with Crippen molar-refractivity contribution >= 4 is 0 Å². The summed E-state index contributed by atoms with van der Waals surface area (Å²) in [4.78, 5) is 2.37. The Hall–Kier alpha value is -1.17. The monoisotopic (exact) mass is 351 g/mol. The molecule has 1 atom stereocenters. The van der Waals surface area contributed by atoms with Gasteiger partial charge >= 0.3 is 0 Å². The molecule has 1 N–H and O–H groups in total. The fraction of sp³-hybridized carbons (Fsp3) is 0.700. The molecule has 0 unspecified atom stereocenters. The highest BCUT2D eigenvalue weighted by Crippen LogP contribution is 2.37. The molecule has 3 rings (SSSR count). The molecule has 1 aromatic rings. The van der Waals surface area contributed by atoms with Crippen LogP contribution in [-0.2, 0) is 4.74 Å². The topological polar surface area (TPSA) is 41.9 Å². The number of halogens is 1. The van der Waals surface area contributed by atoms with Crippen LogP contribution in [0, 0.1) is 11.2 Å². The molecule has 0 amide bonds. The van der Waals surface area contributed by atoms with Gasteiger partial charge in [-0.15, -0.1) is 0 Å². The number of hydrogen-bond donors (Lipinski definition) is 1. The van der Waals surface area contributed by atoms with Crippen LogP contribution in [0.1, 0.15) is 39.5 Å². The summed E-state index contributed by atoms with van der Waals surface area (Å²) < 4.78 is 24.3. The number of β-amino-alcohol motifs (C(OH)–C–C–N with tert-alkyl or cyclic N) is 1. The molecular formula is C20H30FNO3. The summed E-state index contributed by atoms with van der Waals surface area (Å²) in [5, 5.41) is 11.0. The van der Waals surface area contributed by atoms with E-state index in [4.69, 9.17) is 9.47 Å². The molecule has 1 aliphatic carbocycles. The first-order valence-corrected chi connectivity index (χ1v) is 9.28. The quantitative estimate of drug-likeness (QED) is 0.904. The lowest BCUT2D eigenvalue weighted by Crippen LogP contribution is -2.52. The third-order valence-electron chi connectivity index (χ3n) is 5.54. The highest BCUT2D eigenvalue weighted by molar-refractivity contribution is 5.22. The second kappa shape index (κ2) is 7.60. The van der Waals surface area contributed by atoms with E-state index in [9.17, 15) is 9.50 Å². The molecule has 1 saturated carbocycles. The average Bonchev–Trinajstić information content (AvgIpc) is 2.77. The molecule has 140 valence electrons. The molecule has 0 bridgehead atoms. The molecule has 0 spiro atoms. The molecule has 4 nitrogen and oxygen atoms in total. The van der Waals surface area contributed by atoms with Gasteiger partial charge in [0.1, 0.15) is 23.8 Å². The molecule has 2 fully saturated rings. The molecule has 0 aromatic heterocycles. The van der Waals surface area contributed by atoms with Crippen molar-refractivity contribution in [2.75, 3.05) is 32.9 Å². The summed E-state index contributed by atoms with van der Waals surface area (Å²) in [6, 6.07) is 6.39. The van der Waals surface area contributed by atoms with Crippen LogP contribution in [0.3, 0.4) is 0 Å². The molecule has 1 aliphatic heterocycles. The first-order chi connectivity index (χ1) is 11.9. The second-order valence-corrected chi connectivity index (χ2v) is 8.39. The lowest BCUT2D eigenvalue weighted by molar-refractivity contribution is -0.0691. The number of aliphatic hydroxyl groups is 1. The zero-order valence-corrected chi connectivity index (χ0v) is 15.3. The lowest BCUT2D eigenvalue weighted by atomic mass is 9.75. The number of benzene rings is 1. The Morgan fingerprint density at radius 3 is 2.60 bits per heavy atom. The van der Waals surface area contributed by atoms with Crippen molar-refractivity contribution in [3.05, 3.63) is 30.1 Å². The van der Waals surface area contributed by atoms with Gasteiger partial charge in [-0.05, 0) is 55.4 Å². The second-order valence-electron chi connectivity index (χ2n) is 8.39. The zero-order chi connectivity index (χ0) is 17.9. The Balaban J connectivity index is 1.59. The van der Waals surface area contributed by atoms with Gasteiger partial charge in [-0.1, -0.05) is 13.8 Å². The smallest absolute Gasteiger partial charge is 0.134 e. The Morgan fingerprint density at radius 1 is 1.24 bits per heavy atom. The summed E-state index contributed by atoms with van der Waals surface area (Å²) in [6.45, 7) is 7.13. The first-order valence-electron chi connectivity index (χ1n) is 9.28. The van der Waals surface area contributed by atoms with Crippen LogP contribution in [0.5, 0.6) is 5.75 Å². The highest BCUT2D eigenvalue weighted by Gasteiger charge is 2.38. The van der Waals surface area contributed by atoms with Crippen LogP contribution in [0.2, 0.25) is 0 Å². The third kappa shape index (κ3) is 5.16. The van der Waals surface area contributed by atoms with Gasteiger partial charge < -0.3 is 14.6 Å². The van der Waals surface area contributed by atoms with Crippen LogP contribution in [0.15, 0.2) is 24.3 Å². The van der Waals surface area contributed by atoms with Crippen molar-refractivity contribution in [3.63, 3.8) is 0 Å². The van der Waals surface area contributed by atoms with Gasteiger partial charge in [-0.3, -0.25) is 4.90 Å². The van der Waals surface area contributed by atoms with Gasteiger partial charge in [-0.25, -0.2) is 4.39 Å². The first kappa shape index (κ1) is 18.6. The van der Waals surface area contributed by atoms with Crippen LogP contribution in [-0.4, -0.2) is 54.6 Å². The van der Waals surface area contributed by atoms with Crippen molar-refractivity contribution in [3.8, 4) is 5.75 Å². The Labute approximate surface area is 149 Å². The maximum atomic E-state index is 13.0. The van der Waals surface area contributed by atoms with Gasteiger partial charge in [-0.2, -0.15) is 0 Å². The Kier molecular flexibility index (Phi) is 5.66. The van der Waals surface area contributed by atoms with Crippen LogP contribution >= 0.6 is 0 Å². The van der Waals surface area contributed by atoms with E-state index >= 15 is 0 Å². The Morgan fingerprint density at radius 2 is 1.92 bits per heavy atom. The minimum absolute atomic E-state index is 0.146. The van der Waals surface area contributed by atoms with E-state index in [1.165, 1.54) is 37.8 Å². The summed E-state index contributed by atoms with van der Waals surface area (Å²) in [5.41, 5.74) is -0.612. The van der Waals surface area contributed by atoms with E-state index in [-0.39, 0.29) is 19.0 Å². The summed E-state index contributed by atoms with van der Waals surface area (Å²) in [5.74, 6) is 0.264. The summed E-state index contributed by atoms with van der Waals surface area (Å²) in [7, 11) is 0. The standard InChI is InChI=1S/C20H30FNO3/c1-19(2)9-7-17(8-10-19)22-11-12-24-14-20(23,13-22)15-25-18-5-3-16(21)4-6-18/h3-6,17,23H,7-15H2,1-2H3/t20-/m0/s1. The van der Waals surface area contributed by atoms with Crippen molar-refractivity contribution < 1.29 is 19.0 Å². The molecule has 1 aromatic carbocycles. The van der Waals surface area contributed by atoms with Gasteiger partial charge in [0, 0.05) is 19.1 Å². The number of rotatable bonds is 4. The van der Waals surface area contributed by atoms with E-state index in [1.807, 2.05) is 0 Å². The normalized spacial score (nSPS) is 28.5. The molecule has 5 heteroatoms. The maximum Gasteiger partial charge on any atom is 0.134 e. The minimum Gasteiger partial charge on any atom is -0.490 e. The minimum atomic E-state index is -1.04. The van der Waals surface area contributed by atoms with Gasteiger partial charge in [0.15, 0.2) is 0 Å². The van der Waals surface area contributed by atoms with Gasteiger partial charge in [0.05, 0.1) is 13.2 Å². The van der Waals surface area contributed by atoms with E-state index in [2.05, 4.69) is 18.7 Å². The Bertz CT molecular complexity index is 553. The predicted octanol–water partition coefficient (Wildman–Crippen LogP) is 3.24. The van der Waals surface area contributed by atoms with Crippen molar-refractivity contribution in [2.24, 2.45) is 5.41 Å². The molecular weight excluding hydrogens is 321 g/mol. The highest BCUT2D eigenvalue weighted by atomic mass is 19.1. The van der Waals surface area contributed by atoms with Crippen molar-refractivity contribution in [1.82, 2.24) is 4.90 Å². The molecule has 2 aliphatic rings. The number of ether oxygens (including phenoxy) is 2. The fourth-order valence-electron chi connectivity index (χ4n) is 3.84. The van der Waals surface area contributed by atoms with E-state index in [1.54, 1.807) is 12.1 Å². The maximum absolute atomic E-state index is 13.0. The molecule has 25 heavy (non-hydrogen) atoms. The van der Waals surface area contributed by atoms with Crippen LogP contribution < -0.4 is 4.74 Å². The van der Waals surface area contributed by atoms with Crippen LogP contribution in [0.4, 0.5) is 4.39 Å². The average molecular weight is 351 g/mol. The van der Waals surface area contributed by atoms with E-state index in [0.717, 1.165) is 6.54 Å². The summed E-state index contributed by atoms with van der Waals surface area (Å²) in [6.07, 6.45) is 4.78. The number of hydrogen-bond acceptors (Lipinski definition) is 4. The van der Waals surface area contributed by atoms with Gasteiger partial charge in [0.25, 0.3) is 0 Å². The van der Waals surface area contributed by atoms with Crippen LogP contribution in [0.25, 0.3) is 0 Å². The van der Waals surface area contributed by atoms with E-state index in [0.29, 0.717) is 30.4 Å². The van der Waals surface area contributed by atoms with Crippen molar-refractivity contribution in [1.29, 1.82) is 0 Å². The third-order valence-corrected chi connectivity index (χ3v) is 5.54. The predicted molar refractivity (Wildman–Crippen MR) is 95.3 cm³/mol. The largest absolute Gasteiger partial charge is 0.490 e. The van der Waals surface area contributed by atoms with E-state index < -0.39 is 5.60 Å².